The maximum Gasteiger partial charge on any atom is 0.256 e. The average molecular weight is 288 g/mol. The molecule has 2 N–H and O–H groups in total. The summed E-state index contributed by atoms with van der Waals surface area (Å²) in [6, 6.07) is 7.03. The van der Waals surface area contributed by atoms with Crippen LogP contribution in [0.5, 0.6) is 0 Å². The minimum Gasteiger partial charge on any atom is -0.326 e. The molecule has 4 nitrogen and oxygen atoms in total. The van der Waals surface area contributed by atoms with E-state index in [1.165, 1.54) is 6.92 Å². The van der Waals surface area contributed by atoms with Gasteiger partial charge in [0.1, 0.15) is 0 Å². The molecule has 0 unspecified atom stereocenters. The van der Waals surface area contributed by atoms with Crippen molar-refractivity contribution in [2.45, 2.75) is 20.8 Å². The summed E-state index contributed by atoms with van der Waals surface area (Å²) >= 11 is 1.57. The molecule has 0 bridgehead atoms. The zero-order chi connectivity index (χ0) is 14.7. The molecule has 0 saturated heterocycles. The van der Waals surface area contributed by atoms with E-state index in [1.807, 2.05) is 19.2 Å². The number of hydrogen-bond donors (Lipinski definition) is 2. The molecule has 5 heteroatoms. The molecule has 2 amide bonds. The first-order valence-electron chi connectivity index (χ1n) is 6.21. The number of anilines is 2. The molecule has 2 aromatic rings. The molecule has 0 atom stereocenters. The first-order chi connectivity index (χ1) is 9.47. The van der Waals surface area contributed by atoms with Gasteiger partial charge in [-0.15, -0.1) is 11.3 Å². The molecule has 0 fully saturated rings. The Balaban J connectivity index is 2.08. The zero-order valence-electron chi connectivity index (χ0n) is 11.6. The molecule has 1 aromatic heterocycles. The van der Waals surface area contributed by atoms with Crippen LogP contribution in [0.2, 0.25) is 0 Å². The summed E-state index contributed by atoms with van der Waals surface area (Å²) in [6.07, 6.45) is 0. The van der Waals surface area contributed by atoms with E-state index in [1.54, 1.807) is 35.6 Å². The number of carbonyl (C=O) groups excluding carboxylic acids is 2. The summed E-state index contributed by atoms with van der Waals surface area (Å²) in [6.45, 7) is 5.40. The van der Waals surface area contributed by atoms with Crippen LogP contribution in [-0.2, 0) is 4.79 Å². The summed E-state index contributed by atoms with van der Waals surface area (Å²) < 4.78 is 0. The second kappa shape index (κ2) is 5.88. The predicted octanol–water partition coefficient (Wildman–Crippen LogP) is 3.58. The lowest BCUT2D eigenvalue weighted by atomic mass is 10.1. The van der Waals surface area contributed by atoms with Gasteiger partial charge in [0.25, 0.3) is 5.91 Å². The Hall–Kier alpha value is -2.14. The molecule has 0 aliphatic carbocycles. The maximum absolute atomic E-state index is 12.1. The van der Waals surface area contributed by atoms with Gasteiger partial charge in [0.05, 0.1) is 5.56 Å². The Kier molecular flexibility index (Phi) is 4.20. The van der Waals surface area contributed by atoms with Crippen LogP contribution in [0, 0.1) is 13.8 Å². The van der Waals surface area contributed by atoms with E-state index >= 15 is 0 Å². The Morgan fingerprint density at radius 3 is 2.00 bits per heavy atom. The van der Waals surface area contributed by atoms with E-state index in [4.69, 9.17) is 0 Å². The van der Waals surface area contributed by atoms with Crippen molar-refractivity contribution in [2.24, 2.45) is 0 Å². The number of thiophene rings is 1. The molecule has 0 aliphatic rings. The molecule has 0 aliphatic heterocycles. The second-order valence-corrected chi connectivity index (χ2v) is 5.63. The molecule has 0 radical (unpaired) electrons. The summed E-state index contributed by atoms with van der Waals surface area (Å²) in [5.41, 5.74) is 3.13. The van der Waals surface area contributed by atoms with E-state index < -0.39 is 0 Å². The molecule has 104 valence electrons. The van der Waals surface area contributed by atoms with Crippen LogP contribution in [0.1, 0.15) is 27.7 Å². The quantitative estimate of drug-likeness (QED) is 0.907. The molecule has 0 saturated carbocycles. The van der Waals surface area contributed by atoms with Crippen molar-refractivity contribution in [2.75, 3.05) is 10.6 Å². The van der Waals surface area contributed by atoms with Crippen molar-refractivity contribution >= 4 is 34.5 Å². The highest BCUT2D eigenvalue weighted by molar-refractivity contribution is 7.10. The zero-order valence-corrected chi connectivity index (χ0v) is 12.4. The minimum absolute atomic E-state index is 0.112. The number of hydrogen-bond acceptors (Lipinski definition) is 3. The third-order valence-electron chi connectivity index (χ3n) is 2.99. The van der Waals surface area contributed by atoms with Crippen LogP contribution in [0.4, 0.5) is 11.4 Å². The van der Waals surface area contributed by atoms with Crippen LogP contribution in [0.25, 0.3) is 0 Å². The van der Waals surface area contributed by atoms with Crippen LogP contribution < -0.4 is 10.6 Å². The highest BCUT2D eigenvalue weighted by atomic mass is 32.1. The number of benzene rings is 1. The number of aryl methyl sites for hydroxylation is 1. The largest absolute Gasteiger partial charge is 0.326 e. The summed E-state index contributed by atoms with van der Waals surface area (Å²) in [5.74, 6) is -0.231. The fourth-order valence-electron chi connectivity index (χ4n) is 1.78. The van der Waals surface area contributed by atoms with Gasteiger partial charge in [-0.25, -0.2) is 0 Å². The highest BCUT2D eigenvalue weighted by Gasteiger charge is 2.12. The molecule has 20 heavy (non-hydrogen) atoms. The topological polar surface area (TPSA) is 58.2 Å². The SMILES string of the molecule is CC(=O)Nc1ccc(NC(=O)c2csc(C)c2C)cc1. The maximum atomic E-state index is 12.1. The Morgan fingerprint density at radius 2 is 1.55 bits per heavy atom. The van der Waals surface area contributed by atoms with E-state index in [-0.39, 0.29) is 11.8 Å². The van der Waals surface area contributed by atoms with Crippen LogP contribution in [0.3, 0.4) is 0 Å². The van der Waals surface area contributed by atoms with E-state index in [0.717, 1.165) is 10.4 Å². The van der Waals surface area contributed by atoms with Gasteiger partial charge in [0.15, 0.2) is 0 Å². The molecule has 1 heterocycles. The van der Waals surface area contributed by atoms with Crippen molar-refractivity contribution in [1.82, 2.24) is 0 Å². The van der Waals surface area contributed by atoms with E-state index in [0.29, 0.717) is 16.9 Å². The number of amides is 2. The molecule has 0 spiro atoms. The fraction of sp³-hybridized carbons (Fsp3) is 0.200. The van der Waals surface area contributed by atoms with E-state index in [9.17, 15) is 9.59 Å². The van der Waals surface area contributed by atoms with Gasteiger partial charge in [-0.05, 0) is 43.7 Å². The van der Waals surface area contributed by atoms with E-state index in [2.05, 4.69) is 10.6 Å². The standard InChI is InChI=1S/C15H16N2O2S/c1-9-10(2)20-8-14(9)15(19)17-13-6-4-12(5-7-13)16-11(3)18/h4-8H,1-3H3,(H,16,18)(H,17,19). The van der Waals surface area contributed by atoms with Gasteiger partial charge in [0, 0.05) is 28.6 Å². The fourth-order valence-corrected chi connectivity index (χ4v) is 2.64. The lowest BCUT2D eigenvalue weighted by molar-refractivity contribution is -0.114. The smallest absolute Gasteiger partial charge is 0.256 e. The van der Waals surface area contributed by atoms with Crippen molar-refractivity contribution in [3.63, 3.8) is 0 Å². The van der Waals surface area contributed by atoms with Gasteiger partial charge in [-0.1, -0.05) is 0 Å². The van der Waals surface area contributed by atoms with Crippen molar-refractivity contribution in [1.29, 1.82) is 0 Å². The highest BCUT2D eigenvalue weighted by Crippen LogP contribution is 2.22. The van der Waals surface area contributed by atoms with Gasteiger partial charge < -0.3 is 10.6 Å². The van der Waals surface area contributed by atoms with Crippen LogP contribution in [-0.4, -0.2) is 11.8 Å². The molecular formula is C15H16N2O2S. The van der Waals surface area contributed by atoms with Crippen LogP contribution >= 0.6 is 11.3 Å². The normalized spacial score (nSPS) is 10.2. The molecule has 1 aromatic carbocycles. The first kappa shape index (κ1) is 14.3. The molecule has 2 rings (SSSR count). The minimum atomic E-state index is -0.119. The summed E-state index contributed by atoms with van der Waals surface area (Å²) in [7, 11) is 0. The molecular weight excluding hydrogens is 272 g/mol. The Bertz CT molecular complexity index is 644. The third-order valence-corrected chi connectivity index (χ3v) is 4.01. The summed E-state index contributed by atoms with van der Waals surface area (Å²) in [4.78, 5) is 24.2. The first-order valence-corrected chi connectivity index (χ1v) is 7.09. The van der Waals surface area contributed by atoms with Crippen LogP contribution in [0.15, 0.2) is 29.6 Å². The average Bonchev–Trinajstić information content (AvgIpc) is 2.72. The predicted molar refractivity (Wildman–Crippen MR) is 82.5 cm³/mol. The number of carbonyl (C=O) groups is 2. The van der Waals surface area contributed by atoms with Gasteiger partial charge in [-0.3, -0.25) is 9.59 Å². The van der Waals surface area contributed by atoms with Gasteiger partial charge in [0.2, 0.25) is 5.91 Å². The van der Waals surface area contributed by atoms with Crippen molar-refractivity contribution in [3.05, 3.63) is 45.6 Å². The van der Waals surface area contributed by atoms with Crippen molar-refractivity contribution in [3.8, 4) is 0 Å². The van der Waals surface area contributed by atoms with Crippen molar-refractivity contribution < 1.29 is 9.59 Å². The number of nitrogens with one attached hydrogen (secondary N) is 2. The number of rotatable bonds is 3. The van der Waals surface area contributed by atoms with Gasteiger partial charge >= 0.3 is 0 Å². The monoisotopic (exact) mass is 288 g/mol. The Morgan fingerprint density at radius 1 is 1.00 bits per heavy atom. The Labute approximate surface area is 121 Å². The lowest BCUT2D eigenvalue weighted by Gasteiger charge is -2.07. The lowest BCUT2D eigenvalue weighted by Crippen LogP contribution is -2.12. The third kappa shape index (κ3) is 3.24. The van der Waals surface area contributed by atoms with Gasteiger partial charge in [-0.2, -0.15) is 0 Å². The summed E-state index contributed by atoms with van der Waals surface area (Å²) in [5, 5.41) is 7.39. The second-order valence-electron chi connectivity index (χ2n) is 4.54.